The van der Waals surface area contributed by atoms with Gasteiger partial charge >= 0.3 is 6.18 Å². The first-order chi connectivity index (χ1) is 6.95. The number of pyridine rings is 1. The van der Waals surface area contributed by atoms with Crippen molar-refractivity contribution in [3.63, 3.8) is 0 Å². The van der Waals surface area contributed by atoms with Crippen LogP contribution < -0.4 is 0 Å². The molecule has 1 atom stereocenters. The minimum absolute atomic E-state index is 0.0202. The van der Waals surface area contributed by atoms with Crippen LogP contribution in [0, 0.1) is 0 Å². The Balaban J connectivity index is 2.97. The van der Waals surface area contributed by atoms with E-state index in [1.54, 1.807) is 0 Å². The molecule has 15 heavy (non-hydrogen) atoms. The smallest absolute Gasteiger partial charge is 0.261 e. The van der Waals surface area contributed by atoms with Crippen LogP contribution in [0.4, 0.5) is 13.2 Å². The maximum atomic E-state index is 12.5. The van der Waals surface area contributed by atoms with Gasteiger partial charge in [-0.15, -0.1) is 11.6 Å². The van der Waals surface area contributed by atoms with E-state index < -0.39 is 11.7 Å². The predicted octanol–water partition coefficient (Wildman–Crippen LogP) is 3.66. The molecule has 0 saturated heterocycles. The van der Waals surface area contributed by atoms with Crippen molar-refractivity contribution in [2.45, 2.75) is 31.3 Å². The number of aromatic nitrogens is 1. The van der Waals surface area contributed by atoms with E-state index >= 15 is 0 Å². The average Bonchev–Trinajstić information content (AvgIpc) is 2.17. The number of alkyl halides is 4. The van der Waals surface area contributed by atoms with Gasteiger partial charge in [-0.3, -0.25) is 4.98 Å². The second-order valence-electron chi connectivity index (χ2n) is 3.21. The van der Waals surface area contributed by atoms with Crippen LogP contribution >= 0.6 is 11.6 Å². The molecule has 0 aliphatic heterocycles. The van der Waals surface area contributed by atoms with Crippen molar-refractivity contribution in [1.29, 1.82) is 0 Å². The Morgan fingerprint density at radius 3 is 2.67 bits per heavy atom. The van der Waals surface area contributed by atoms with Gasteiger partial charge in [-0.1, -0.05) is 6.92 Å². The van der Waals surface area contributed by atoms with Gasteiger partial charge in [0.1, 0.15) is 0 Å². The fraction of sp³-hybridized carbons (Fsp3) is 0.500. The SMILES string of the molecule is CCC(Cl)Cc1ncccc1C(F)(F)F. The summed E-state index contributed by atoms with van der Waals surface area (Å²) < 4.78 is 37.6. The second kappa shape index (κ2) is 4.84. The van der Waals surface area contributed by atoms with Crippen LogP contribution in [0.1, 0.15) is 24.6 Å². The van der Waals surface area contributed by atoms with E-state index in [0.717, 1.165) is 6.07 Å². The maximum Gasteiger partial charge on any atom is 0.418 e. The molecule has 1 unspecified atom stereocenters. The van der Waals surface area contributed by atoms with Crippen molar-refractivity contribution in [3.05, 3.63) is 29.6 Å². The van der Waals surface area contributed by atoms with Crippen molar-refractivity contribution in [2.24, 2.45) is 0 Å². The Morgan fingerprint density at radius 1 is 1.47 bits per heavy atom. The number of nitrogens with zero attached hydrogens (tertiary/aromatic N) is 1. The van der Waals surface area contributed by atoms with Gasteiger partial charge in [0.05, 0.1) is 11.3 Å². The molecule has 0 saturated carbocycles. The first-order valence-electron chi connectivity index (χ1n) is 4.60. The van der Waals surface area contributed by atoms with Gasteiger partial charge in [0.25, 0.3) is 0 Å². The third kappa shape index (κ3) is 3.38. The summed E-state index contributed by atoms with van der Waals surface area (Å²) in [7, 11) is 0. The molecule has 0 fully saturated rings. The number of hydrogen-bond acceptors (Lipinski definition) is 1. The Bertz CT molecular complexity index is 325. The summed E-state index contributed by atoms with van der Waals surface area (Å²) in [6.45, 7) is 1.83. The van der Waals surface area contributed by atoms with Crippen LogP contribution in [-0.2, 0) is 12.6 Å². The molecular formula is C10H11ClF3N. The van der Waals surface area contributed by atoms with Crippen LogP contribution in [0.5, 0.6) is 0 Å². The second-order valence-corrected chi connectivity index (χ2v) is 3.82. The maximum absolute atomic E-state index is 12.5. The standard InChI is InChI=1S/C10H11ClF3N/c1-2-7(11)6-9-8(10(12,13)14)4-3-5-15-9/h3-5,7H,2,6H2,1H3. The van der Waals surface area contributed by atoms with Crippen molar-refractivity contribution in [1.82, 2.24) is 4.98 Å². The molecule has 0 bridgehead atoms. The predicted molar refractivity (Wildman–Crippen MR) is 52.9 cm³/mol. The number of halogens is 4. The highest BCUT2D eigenvalue weighted by Gasteiger charge is 2.33. The van der Waals surface area contributed by atoms with Gasteiger partial charge < -0.3 is 0 Å². The quantitative estimate of drug-likeness (QED) is 0.731. The molecule has 0 N–H and O–H groups in total. The minimum Gasteiger partial charge on any atom is -0.261 e. The van der Waals surface area contributed by atoms with Gasteiger partial charge in [-0.25, -0.2) is 0 Å². The summed E-state index contributed by atoms with van der Waals surface area (Å²) >= 11 is 5.81. The molecule has 1 rings (SSSR count). The average molecular weight is 238 g/mol. The number of rotatable bonds is 3. The molecule has 0 spiro atoms. The highest BCUT2D eigenvalue weighted by molar-refractivity contribution is 6.20. The third-order valence-corrected chi connectivity index (χ3v) is 2.52. The van der Waals surface area contributed by atoms with Gasteiger partial charge in [-0.05, 0) is 18.6 Å². The van der Waals surface area contributed by atoms with Gasteiger partial charge in [0.15, 0.2) is 0 Å². The van der Waals surface area contributed by atoms with E-state index in [4.69, 9.17) is 11.6 Å². The van der Waals surface area contributed by atoms with E-state index in [1.165, 1.54) is 12.3 Å². The van der Waals surface area contributed by atoms with Crippen LogP contribution in [0.3, 0.4) is 0 Å². The van der Waals surface area contributed by atoms with E-state index in [2.05, 4.69) is 4.98 Å². The van der Waals surface area contributed by atoms with E-state index in [1.807, 2.05) is 6.92 Å². The van der Waals surface area contributed by atoms with Gasteiger partial charge in [0, 0.05) is 18.0 Å². The Kier molecular flexibility index (Phi) is 3.97. The normalized spacial score (nSPS) is 13.9. The molecular weight excluding hydrogens is 227 g/mol. The molecule has 1 aromatic rings. The first-order valence-corrected chi connectivity index (χ1v) is 5.04. The lowest BCUT2D eigenvalue weighted by Crippen LogP contribution is -2.13. The molecule has 0 aromatic carbocycles. The van der Waals surface area contributed by atoms with Gasteiger partial charge in [0.2, 0.25) is 0 Å². The minimum atomic E-state index is -4.35. The van der Waals surface area contributed by atoms with E-state index in [9.17, 15) is 13.2 Å². The molecule has 0 amide bonds. The summed E-state index contributed by atoms with van der Waals surface area (Å²) in [6, 6.07) is 2.31. The molecule has 1 heterocycles. The topological polar surface area (TPSA) is 12.9 Å². The summed E-state index contributed by atoms with van der Waals surface area (Å²) in [6.07, 6.45) is -2.24. The van der Waals surface area contributed by atoms with Crippen LogP contribution in [-0.4, -0.2) is 10.4 Å². The highest BCUT2D eigenvalue weighted by Crippen LogP contribution is 2.31. The van der Waals surface area contributed by atoms with Crippen molar-refractivity contribution in [2.75, 3.05) is 0 Å². The summed E-state index contributed by atoms with van der Waals surface area (Å²) in [5.74, 6) is 0. The Morgan fingerprint density at radius 2 is 2.13 bits per heavy atom. The molecule has 1 aromatic heterocycles. The molecule has 5 heteroatoms. The lowest BCUT2D eigenvalue weighted by atomic mass is 10.1. The van der Waals surface area contributed by atoms with Crippen molar-refractivity contribution in [3.8, 4) is 0 Å². The van der Waals surface area contributed by atoms with Crippen LogP contribution in [0.25, 0.3) is 0 Å². The van der Waals surface area contributed by atoms with E-state index in [0.29, 0.717) is 6.42 Å². The van der Waals surface area contributed by atoms with Crippen LogP contribution in [0.2, 0.25) is 0 Å². The molecule has 0 aliphatic carbocycles. The summed E-state index contributed by atoms with van der Waals surface area (Å²) in [4.78, 5) is 3.73. The molecule has 0 radical (unpaired) electrons. The number of hydrogen-bond donors (Lipinski definition) is 0. The summed E-state index contributed by atoms with van der Waals surface area (Å²) in [5.41, 5.74) is -0.670. The zero-order chi connectivity index (χ0) is 11.5. The molecule has 84 valence electrons. The van der Waals surface area contributed by atoms with Gasteiger partial charge in [-0.2, -0.15) is 13.2 Å². The zero-order valence-corrected chi connectivity index (χ0v) is 8.94. The fourth-order valence-corrected chi connectivity index (χ4v) is 1.36. The lowest BCUT2D eigenvalue weighted by molar-refractivity contribution is -0.138. The van der Waals surface area contributed by atoms with E-state index in [-0.39, 0.29) is 17.5 Å². The lowest BCUT2D eigenvalue weighted by Gasteiger charge is -2.13. The Labute approximate surface area is 91.3 Å². The largest absolute Gasteiger partial charge is 0.418 e. The fourth-order valence-electron chi connectivity index (χ4n) is 1.21. The van der Waals surface area contributed by atoms with Crippen molar-refractivity contribution >= 4 is 11.6 Å². The molecule has 1 nitrogen and oxygen atoms in total. The third-order valence-electron chi connectivity index (χ3n) is 2.05. The Hall–Kier alpha value is -0.770. The highest BCUT2D eigenvalue weighted by atomic mass is 35.5. The zero-order valence-electron chi connectivity index (χ0n) is 8.18. The first kappa shape index (κ1) is 12.3. The van der Waals surface area contributed by atoms with Crippen molar-refractivity contribution < 1.29 is 13.2 Å². The van der Waals surface area contributed by atoms with Crippen LogP contribution in [0.15, 0.2) is 18.3 Å². The monoisotopic (exact) mass is 237 g/mol. The summed E-state index contributed by atoms with van der Waals surface area (Å²) in [5, 5.41) is -0.305. The molecule has 0 aliphatic rings.